The predicted octanol–water partition coefficient (Wildman–Crippen LogP) is 4.09. The molecular weight excluding hydrogens is 253 g/mol. The Morgan fingerprint density at radius 2 is 1.85 bits per heavy atom. The maximum absolute atomic E-state index is 13.6. The smallest absolute Gasteiger partial charge is 0.248 e. The first kappa shape index (κ1) is 14.0. The Balaban J connectivity index is 2.05. The monoisotopic (exact) mass is 269 g/mol. The summed E-state index contributed by atoms with van der Waals surface area (Å²) < 4.78 is 13.6. The fourth-order valence-electron chi connectivity index (χ4n) is 1.84. The van der Waals surface area contributed by atoms with Gasteiger partial charge in [-0.1, -0.05) is 35.9 Å². The zero-order valence-corrected chi connectivity index (χ0v) is 11.5. The summed E-state index contributed by atoms with van der Waals surface area (Å²) in [7, 11) is 0. The molecule has 0 spiro atoms. The third-order valence-electron chi connectivity index (χ3n) is 2.85. The highest BCUT2D eigenvalue weighted by molar-refractivity contribution is 6.02. The van der Waals surface area contributed by atoms with Crippen molar-refractivity contribution in [3.8, 4) is 0 Å². The van der Waals surface area contributed by atoms with Crippen LogP contribution < -0.4 is 5.32 Å². The molecule has 0 unspecified atom stereocenters. The summed E-state index contributed by atoms with van der Waals surface area (Å²) in [4.78, 5) is 11.7. The lowest BCUT2D eigenvalue weighted by Crippen LogP contribution is -2.09. The van der Waals surface area contributed by atoms with Crippen LogP contribution in [0.4, 0.5) is 10.1 Å². The van der Waals surface area contributed by atoms with Crippen molar-refractivity contribution in [2.24, 2.45) is 0 Å². The molecule has 0 aliphatic heterocycles. The van der Waals surface area contributed by atoms with Gasteiger partial charge in [0.15, 0.2) is 0 Å². The first-order chi connectivity index (χ1) is 9.54. The van der Waals surface area contributed by atoms with Gasteiger partial charge in [0.1, 0.15) is 5.82 Å². The van der Waals surface area contributed by atoms with Gasteiger partial charge in [-0.3, -0.25) is 4.79 Å². The van der Waals surface area contributed by atoms with Crippen LogP contribution in [0.5, 0.6) is 0 Å². The molecule has 1 N–H and O–H groups in total. The topological polar surface area (TPSA) is 29.1 Å². The summed E-state index contributed by atoms with van der Waals surface area (Å²) in [6.07, 6.45) is 3.10. The fraction of sp³-hybridized carbons (Fsp3) is 0.118. The van der Waals surface area contributed by atoms with E-state index < -0.39 is 5.82 Å². The number of aryl methyl sites for hydroxylation is 2. The van der Waals surface area contributed by atoms with Crippen molar-refractivity contribution in [2.45, 2.75) is 13.8 Å². The minimum Gasteiger partial charge on any atom is -0.320 e. The quantitative estimate of drug-likeness (QED) is 0.835. The Morgan fingerprint density at radius 1 is 1.10 bits per heavy atom. The van der Waals surface area contributed by atoms with Crippen molar-refractivity contribution < 1.29 is 9.18 Å². The molecule has 2 aromatic rings. The minimum atomic E-state index is -0.428. The van der Waals surface area contributed by atoms with Crippen molar-refractivity contribution in [1.29, 1.82) is 0 Å². The normalized spacial score (nSPS) is 10.8. The molecular formula is C17H16FNO. The van der Waals surface area contributed by atoms with Crippen LogP contribution >= 0.6 is 0 Å². The lowest BCUT2D eigenvalue weighted by atomic mass is 10.1. The van der Waals surface area contributed by atoms with Crippen LogP contribution in [0.3, 0.4) is 0 Å². The Bertz CT molecular complexity index is 662. The standard InChI is InChI=1S/C17H16FNO/c1-12-4-3-5-14(10-12)7-9-17(20)19-16-8-6-13(2)11-15(16)18/h3-11H,1-2H3,(H,19,20)/b9-7+. The average Bonchev–Trinajstić information content (AvgIpc) is 2.40. The van der Waals surface area contributed by atoms with Gasteiger partial charge in [-0.05, 0) is 43.2 Å². The van der Waals surface area contributed by atoms with Gasteiger partial charge in [0.2, 0.25) is 5.91 Å². The highest BCUT2D eigenvalue weighted by atomic mass is 19.1. The molecule has 3 heteroatoms. The number of anilines is 1. The molecule has 0 aliphatic carbocycles. The van der Waals surface area contributed by atoms with Gasteiger partial charge in [0.05, 0.1) is 5.69 Å². The van der Waals surface area contributed by atoms with E-state index in [1.54, 1.807) is 25.1 Å². The first-order valence-electron chi connectivity index (χ1n) is 6.36. The van der Waals surface area contributed by atoms with Crippen molar-refractivity contribution >= 4 is 17.7 Å². The molecule has 2 rings (SSSR count). The Labute approximate surface area is 118 Å². The molecule has 0 heterocycles. The molecule has 0 aliphatic rings. The summed E-state index contributed by atoms with van der Waals surface area (Å²) in [5.41, 5.74) is 3.06. The van der Waals surface area contributed by atoms with Gasteiger partial charge in [-0.25, -0.2) is 4.39 Å². The van der Waals surface area contributed by atoms with Crippen molar-refractivity contribution in [3.05, 3.63) is 71.0 Å². The van der Waals surface area contributed by atoms with Gasteiger partial charge >= 0.3 is 0 Å². The van der Waals surface area contributed by atoms with Crippen molar-refractivity contribution in [1.82, 2.24) is 0 Å². The maximum Gasteiger partial charge on any atom is 0.248 e. The van der Waals surface area contributed by atoms with E-state index in [0.29, 0.717) is 0 Å². The first-order valence-corrected chi connectivity index (χ1v) is 6.36. The van der Waals surface area contributed by atoms with Crippen LogP contribution in [0.15, 0.2) is 48.5 Å². The number of halogens is 1. The molecule has 0 saturated carbocycles. The van der Waals surface area contributed by atoms with E-state index >= 15 is 0 Å². The Morgan fingerprint density at radius 3 is 2.55 bits per heavy atom. The van der Waals surface area contributed by atoms with Crippen molar-refractivity contribution in [3.63, 3.8) is 0 Å². The molecule has 0 fully saturated rings. The van der Waals surface area contributed by atoms with Crippen LogP contribution in [0.25, 0.3) is 6.08 Å². The number of hydrogen-bond donors (Lipinski definition) is 1. The SMILES string of the molecule is Cc1cccc(/C=C/C(=O)Nc2ccc(C)cc2F)c1. The van der Waals surface area contributed by atoms with E-state index in [2.05, 4.69) is 5.32 Å². The summed E-state index contributed by atoms with van der Waals surface area (Å²) in [5.74, 6) is -0.781. The lowest BCUT2D eigenvalue weighted by molar-refractivity contribution is -0.111. The molecule has 102 valence electrons. The van der Waals surface area contributed by atoms with Crippen LogP contribution in [0.1, 0.15) is 16.7 Å². The molecule has 1 amide bonds. The summed E-state index contributed by atoms with van der Waals surface area (Å²) in [6, 6.07) is 12.5. The van der Waals surface area contributed by atoms with Crippen LogP contribution in [0, 0.1) is 19.7 Å². The predicted molar refractivity (Wildman–Crippen MR) is 80.0 cm³/mol. The fourth-order valence-corrected chi connectivity index (χ4v) is 1.84. The second kappa shape index (κ2) is 6.15. The van der Waals surface area contributed by atoms with E-state index in [-0.39, 0.29) is 11.6 Å². The lowest BCUT2D eigenvalue weighted by Gasteiger charge is -2.04. The number of carbonyl (C=O) groups excluding carboxylic acids is 1. The highest BCUT2D eigenvalue weighted by Gasteiger charge is 2.04. The number of hydrogen-bond acceptors (Lipinski definition) is 1. The minimum absolute atomic E-state index is 0.189. The number of carbonyl (C=O) groups is 1. The van der Waals surface area contributed by atoms with Gasteiger partial charge in [-0.2, -0.15) is 0 Å². The number of amides is 1. The number of rotatable bonds is 3. The molecule has 0 aromatic heterocycles. The van der Waals surface area contributed by atoms with Gasteiger partial charge < -0.3 is 5.32 Å². The second-order valence-corrected chi connectivity index (χ2v) is 4.72. The molecule has 0 saturated heterocycles. The zero-order chi connectivity index (χ0) is 14.5. The third-order valence-corrected chi connectivity index (χ3v) is 2.85. The summed E-state index contributed by atoms with van der Waals surface area (Å²) in [5, 5.41) is 2.52. The van der Waals surface area contributed by atoms with E-state index in [0.717, 1.165) is 16.7 Å². The number of benzene rings is 2. The highest BCUT2D eigenvalue weighted by Crippen LogP contribution is 2.15. The Hall–Kier alpha value is -2.42. The van der Waals surface area contributed by atoms with E-state index in [1.807, 2.05) is 31.2 Å². The van der Waals surface area contributed by atoms with E-state index in [4.69, 9.17) is 0 Å². The Kier molecular flexibility index (Phi) is 4.31. The largest absolute Gasteiger partial charge is 0.320 e. The van der Waals surface area contributed by atoms with Crippen LogP contribution in [-0.4, -0.2) is 5.91 Å². The van der Waals surface area contributed by atoms with Crippen LogP contribution in [0.2, 0.25) is 0 Å². The van der Waals surface area contributed by atoms with E-state index in [1.165, 1.54) is 12.1 Å². The molecule has 0 atom stereocenters. The molecule has 0 radical (unpaired) electrons. The van der Waals surface area contributed by atoms with Crippen LogP contribution in [-0.2, 0) is 4.79 Å². The van der Waals surface area contributed by atoms with Crippen molar-refractivity contribution in [2.75, 3.05) is 5.32 Å². The maximum atomic E-state index is 13.6. The van der Waals surface area contributed by atoms with Gasteiger partial charge in [0, 0.05) is 6.08 Å². The molecule has 2 nitrogen and oxygen atoms in total. The summed E-state index contributed by atoms with van der Waals surface area (Å²) >= 11 is 0. The molecule has 20 heavy (non-hydrogen) atoms. The second-order valence-electron chi connectivity index (χ2n) is 4.72. The molecule has 2 aromatic carbocycles. The zero-order valence-electron chi connectivity index (χ0n) is 11.5. The van der Waals surface area contributed by atoms with Gasteiger partial charge in [0.25, 0.3) is 0 Å². The van der Waals surface area contributed by atoms with Gasteiger partial charge in [-0.15, -0.1) is 0 Å². The molecule has 0 bridgehead atoms. The number of nitrogens with one attached hydrogen (secondary N) is 1. The third kappa shape index (κ3) is 3.79. The summed E-state index contributed by atoms with van der Waals surface area (Å²) in [6.45, 7) is 3.78. The van der Waals surface area contributed by atoms with E-state index in [9.17, 15) is 9.18 Å². The average molecular weight is 269 g/mol.